The van der Waals surface area contributed by atoms with Gasteiger partial charge in [0.25, 0.3) is 5.92 Å². The first-order valence-corrected chi connectivity index (χ1v) is 9.03. The maximum Gasteiger partial charge on any atom is 0.295 e. The molecule has 0 fully saturated rings. The molecule has 0 bridgehead atoms. The third-order valence-corrected chi connectivity index (χ3v) is 3.99. The second kappa shape index (κ2) is 9.58. The fourth-order valence-corrected chi connectivity index (χ4v) is 2.32. The summed E-state index contributed by atoms with van der Waals surface area (Å²) in [7, 11) is 0. The minimum absolute atomic E-state index is 0.0454. The topological polar surface area (TPSA) is 41.8 Å². The smallest absolute Gasteiger partial charge is 0.295 e. The zero-order valence-electron chi connectivity index (χ0n) is 14.9. The average Bonchev–Trinajstić information content (AvgIpc) is 2.65. The second-order valence-corrected chi connectivity index (χ2v) is 6.95. The summed E-state index contributed by atoms with van der Waals surface area (Å²) in [6.07, 6.45) is 0.830. The van der Waals surface area contributed by atoms with Crippen LogP contribution in [0.2, 0.25) is 0 Å². The van der Waals surface area contributed by atoms with Gasteiger partial charge in [-0.3, -0.25) is 0 Å². The summed E-state index contributed by atoms with van der Waals surface area (Å²) in [6, 6.07) is 15.5. The molecule has 0 spiro atoms. The van der Waals surface area contributed by atoms with Gasteiger partial charge < -0.3 is 9.94 Å². The zero-order valence-corrected chi connectivity index (χ0v) is 16.5. The number of hydrogen-bond acceptors (Lipinski definition) is 3. The first kappa shape index (κ1) is 21.0. The monoisotopic (exact) mass is 435 g/mol. The van der Waals surface area contributed by atoms with Crippen LogP contribution in [0.4, 0.5) is 8.78 Å². The molecule has 1 atom stereocenters. The third kappa shape index (κ3) is 6.73. The number of rotatable bonds is 7. The molecule has 0 aromatic heterocycles. The highest BCUT2D eigenvalue weighted by atomic mass is 79.9. The van der Waals surface area contributed by atoms with Crippen LogP contribution in [0.15, 0.2) is 76.4 Å². The van der Waals surface area contributed by atoms with E-state index in [1.54, 1.807) is 68.4 Å². The first-order valence-electron chi connectivity index (χ1n) is 8.24. The normalized spacial score (nSPS) is 13.5. The fraction of sp³-hybridized carbons (Fsp3) is 0.190. The Balaban J connectivity index is 2.28. The van der Waals surface area contributed by atoms with Gasteiger partial charge in [-0.05, 0) is 43.7 Å². The van der Waals surface area contributed by atoms with Crippen molar-refractivity contribution >= 4 is 33.5 Å². The van der Waals surface area contributed by atoms with Gasteiger partial charge in [-0.2, -0.15) is 8.78 Å². The van der Waals surface area contributed by atoms with Gasteiger partial charge in [-0.1, -0.05) is 69.6 Å². The lowest BCUT2D eigenvalue weighted by Gasteiger charge is -2.17. The van der Waals surface area contributed by atoms with Crippen molar-refractivity contribution in [3.8, 4) is 0 Å². The number of nitrogens with zero attached hydrogens (tertiary/aromatic N) is 1. The van der Waals surface area contributed by atoms with E-state index in [0.29, 0.717) is 22.9 Å². The molecule has 1 N–H and O–H groups in total. The van der Waals surface area contributed by atoms with Gasteiger partial charge >= 0.3 is 0 Å². The predicted molar refractivity (Wildman–Crippen MR) is 108 cm³/mol. The molecule has 2 aromatic rings. The molecule has 2 rings (SSSR count). The molecule has 0 aliphatic heterocycles. The first-order chi connectivity index (χ1) is 12.8. The van der Waals surface area contributed by atoms with Crippen molar-refractivity contribution in [2.75, 3.05) is 0 Å². The molecule has 0 radical (unpaired) electrons. The number of aliphatic hydroxyl groups is 1. The summed E-state index contributed by atoms with van der Waals surface area (Å²) >= 11 is 3.32. The number of benzene rings is 2. The van der Waals surface area contributed by atoms with E-state index in [2.05, 4.69) is 21.1 Å². The van der Waals surface area contributed by atoms with Crippen molar-refractivity contribution in [1.29, 1.82) is 0 Å². The van der Waals surface area contributed by atoms with Crippen LogP contribution >= 0.6 is 15.9 Å². The van der Waals surface area contributed by atoms with Crippen molar-refractivity contribution in [2.24, 2.45) is 5.16 Å². The summed E-state index contributed by atoms with van der Waals surface area (Å²) in [5.74, 6) is -3.44. The van der Waals surface area contributed by atoms with Gasteiger partial charge in [-0.15, -0.1) is 0 Å². The van der Waals surface area contributed by atoms with Crippen LogP contribution in [0.3, 0.4) is 0 Å². The van der Waals surface area contributed by atoms with Crippen LogP contribution in [0.25, 0.3) is 11.8 Å². The van der Waals surface area contributed by atoms with Gasteiger partial charge in [0.1, 0.15) is 6.10 Å². The van der Waals surface area contributed by atoms with Gasteiger partial charge in [0.15, 0.2) is 5.76 Å². The number of hydrogen-bond donors (Lipinski definition) is 1. The van der Waals surface area contributed by atoms with Crippen LogP contribution < -0.4 is 0 Å². The molecular weight excluding hydrogens is 416 g/mol. The fourth-order valence-electron chi connectivity index (χ4n) is 2.06. The molecule has 2 aromatic carbocycles. The lowest BCUT2D eigenvalue weighted by atomic mass is 10.1. The van der Waals surface area contributed by atoms with Crippen LogP contribution in [0.5, 0.6) is 0 Å². The average molecular weight is 436 g/mol. The predicted octanol–water partition coefficient (Wildman–Crippen LogP) is 5.91. The Labute approximate surface area is 165 Å². The Hall–Kier alpha value is -2.31. The highest BCUT2D eigenvalue weighted by Gasteiger charge is 2.34. The Morgan fingerprint density at radius 2 is 1.74 bits per heavy atom. The molecule has 3 nitrogen and oxygen atoms in total. The Morgan fingerprint density at radius 3 is 2.33 bits per heavy atom. The molecule has 6 heteroatoms. The van der Waals surface area contributed by atoms with Gasteiger partial charge in [0.2, 0.25) is 0 Å². The Morgan fingerprint density at radius 1 is 1.11 bits per heavy atom. The molecular formula is C21H20BrF2NO2. The molecule has 0 heterocycles. The highest BCUT2D eigenvalue weighted by molar-refractivity contribution is 9.10. The van der Waals surface area contributed by atoms with Crippen molar-refractivity contribution in [1.82, 2.24) is 0 Å². The quantitative estimate of drug-likeness (QED) is 0.333. The standard InChI is InChI=1S/C21H20BrF2NO2/c1-15(2)25-27-19(17-8-10-18(22)11-9-17)14-20(26)21(23,24)13-12-16-6-4-3-5-7-16/h3-14,20,26H,1-2H3/b13-12+,19-14+. The minimum Gasteiger partial charge on any atom is -0.382 e. The van der Waals surface area contributed by atoms with Gasteiger partial charge in [-0.25, -0.2) is 0 Å². The van der Waals surface area contributed by atoms with E-state index in [1.165, 1.54) is 6.08 Å². The van der Waals surface area contributed by atoms with Crippen LogP contribution in [0.1, 0.15) is 25.0 Å². The molecule has 27 heavy (non-hydrogen) atoms. The number of alkyl halides is 2. The summed E-state index contributed by atoms with van der Waals surface area (Å²) in [5, 5.41) is 13.9. The Kier molecular flexibility index (Phi) is 7.45. The molecule has 0 aliphatic carbocycles. The molecule has 0 saturated heterocycles. The van der Waals surface area contributed by atoms with Crippen LogP contribution in [-0.4, -0.2) is 22.8 Å². The van der Waals surface area contributed by atoms with Crippen molar-refractivity contribution in [3.63, 3.8) is 0 Å². The van der Waals surface area contributed by atoms with Crippen LogP contribution in [0, 0.1) is 0 Å². The zero-order chi connectivity index (χ0) is 19.9. The molecule has 0 amide bonds. The maximum absolute atomic E-state index is 14.4. The van der Waals surface area contributed by atoms with Crippen LogP contribution in [-0.2, 0) is 4.84 Å². The summed E-state index contributed by atoms with van der Waals surface area (Å²) in [5.41, 5.74) is 1.75. The molecule has 142 valence electrons. The number of halogens is 3. The largest absolute Gasteiger partial charge is 0.382 e. The van der Waals surface area contributed by atoms with E-state index in [0.717, 1.165) is 10.5 Å². The minimum atomic E-state index is -3.48. The summed E-state index contributed by atoms with van der Waals surface area (Å²) in [4.78, 5) is 5.27. The van der Waals surface area contributed by atoms with Gasteiger partial charge in [0, 0.05) is 10.0 Å². The van der Waals surface area contributed by atoms with E-state index < -0.39 is 12.0 Å². The van der Waals surface area contributed by atoms with E-state index in [-0.39, 0.29) is 5.76 Å². The summed E-state index contributed by atoms with van der Waals surface area (Å²) < 4.78 is 29.6. The number of aliphatic hydroxyl groups excluding tert-OH is 1. The van der Waals surface area contributed by atoms with Crippen molar-refractivity contribution < 1.29 is 18.7 Å². The SMILES string of the molecule is CC(C)=NO/C(=C/C(O)C(F)(F)/C=C/c1ccccc1)c1ccc(Br)cc1. The molecule has 0 aliphatic rings. The van der Waals surface area contributed by atoms with E-state index in [9.17, 15) is 13.9 Å². The molecule has 0 saturated carbocycles. The van der Waals surface area contributed by atoms with Crippen molar-refractivity contribution in [3.05, 3.63) is 82.3 Å². The maximum atomic E-state index is 14.4. The summed E-state index contributed by atoms with van der Waals surface area (Å²) in [6.45, 7) is 3.43. The Bertz CT molecular complexity index is 827. The van der Waals surface area contributed by atoms with E-state index in [1.807, 2.05) is 0 Å². The highest BCUT2D eigenvalue weighted by Crippen LogP contribution is 2.27. The number of oxime groups is 1. The lowest BCUT2D eigenvalue weighted by Crippen LogP contribution is -2.29. The van der Waals surface area contributed by atoms with Crippen molar-refractivity contribution in [2.45, 2.75) is 25.9 Å². The molecule has 1 unspecified atom stereocenters. The second-order valence-electron chi connectivity index (χ2n) is 6.03. The van der Waals surface area contributed by atoms with E-state index in [4.69, 9.17) is 4.84 Å². The lowest BCUT2D eigenvalue weighted by molar-refractivity contribution is -0.0448. The van der Waals surface area contributed by atoms with Gasteiger partial charge in [0.05, 0.1) is 5.71 Å². The third-order valence-electron chi connectivity index (χ3n) is 3.46. The van der Waals surface area contributed by atoms with E-state index >= 15 is 0 Å².